The van der Waals surface area contributed by atoms with Gasteiger partial charge < -0.3 is 5.73 Å². The number of hydrogen-bond donors (Lipinski definition) is 2. The minimum Gasteiger partial charge on any atom is -0.329 e. The molecule has 0 saturated carbocycles. The van der Waals surface area contributed by atoms with Gasteiger partial charge in [-0.15, -0.1) is 3.63 Å². The van der Waals surface area contributed by atoms with E-state index in [2.05, 4.69) is 3.63 Å². The Labute approximate surface area is 87.9 Å². The number of nitrogens with one attached hydrogen (secondary N) is 1. The molecule has 3 N–H and O–H groups in total. The molecule has 0 aromatic heterocycles. The molecule has 0 aromatic carbocycles. The van der Waals surface area contributed by atoms with Crippen molar-refractivity contribution in [2.45, 2.75) is 0 Å². The van der Waals surface area contributed by atoms with Crippen molar-refractivity contribution < 1.29 is 20.5 Å². The fourth-order valence-corrected chi connectivity index (χ4v) is 3.19. The minimum atomic E-state index is -4.11. The van der Waals surface area contributed by atoms with Crippen molar-refractivity contribution in [1.82, 2.24) is 4.84 Å². The maximum Gasteiger partial charge on any atom is 0.283 e. The molecule has 0 saturated heterocycles. The van der Waals surface area contributed by atoms with Crippen molar-refractivity contribution in [1.29, 1.82) is 0 Å². The lowest BCUT2D eigenvalue weighted by molar-refractivity contribution is 0.462. The lowest BCUT2D eigenvalue weighted by atomic mass is 10.8. The second-order valence-electron chi connectivity index (χ2n) is 2.26. The Hall–Kier alpha value is 0.0700. The Kier molecular flexibility index (Phi) is 5.86. The molecule has 0 amide bonds. The summed E-state index contributed by atoms with van der Waals surface area (Å²) in [6.45, 7) is -0.312. The van der Waals surface area contributed by atoms with Gasteiger partial charge in [0.25, 0.3) is 20.2 Å². The predicted molar refractivity (Wildman–Crippen MR) is 51.6 cm³/mol. The lowest BCUT2D eigenvalue weighted by Gasteiger charge is -2.03. The van der Waals surface area contributed by atoms with E-state index in [1.54, 1.807) is 0 Å². The van der Waals surface area contributed by atoms with Gasteiger partial charge in [-0.3, -0.25) is 0 Å². The van der Waals surface area contributed by atoms with E-state index in [-0.39, 0.29) is 13.1 Å². The van der Waals surface area contributed by atoms with Gasteiger partial charge in [0.15, 0.2) is 0 Å². The molecule has 0 aliphatic carbocycles. The Morgan fingerprint density at radius 1 is 1.14 bits per heavy atom. The van der Waals surface area contributed by atoms with E-state index in [0.717, 1.165) is 0 Å². The Morgan fingerprint density at radius 3 is 2.07 bits per heavy atom. The van der Waals surface area contributed by atoms with Crippen LogP contribution in [0, 0.1) is 0 Å². The van der Waals surface area contributed by atoms with E-state index in [9.17, 15) is 16.8 Å². The van der Waals surface area contributed by atoms with Crippen molar-refractivity contribution >= 4 is 32.0 Å². The predicted octanol–water partition coefficient (Wildman–Crippen LogP) is -1.64. The van der Waals surface area contributed by atoms with Gasteiger partial charge in [0.2, 0.25) is 0 Å². The largest absolute Gasteiger partial charge is 0.329 e. The molecule has 0 aromatic rings. The average molecular weight is 267 g/mol. The second-order valence-corrected chi connectivity index (χ2v) is 6.12. The molecule has 0 atom stereocenters. The van der Waals surface area contributed by atoms with Gasteiger partial charge in [0, 0.05) is 13.1 Å². The fourth-order valence-electron chi connectivity index (χ4n) is 0.534. The van der Waals surface area contributed by atoms with E-state index in [4.69, 9.17) is 17.5 Å². The molecule has 0 heterocycles. The zero-order valence-electron chi connectivity index (χ0n) is 7.14. The zero-order valence-corrected chi connectivity index (χ0v) is 9.53. The van der Waals surface area contributed by atoms with Crippen LogP contribution < -0.4 is 10.6 Å². The highest BCUT2D eigenvalue weighted by Gasteiger charge is 2.21. The maximum absolute atomic E-state index is 10.9. The van der Waals surface area contributed by atoms with Crippen LogP contribution in [0.5, 0.6) is 0 Å². The summed E-state index contributed by atoms with van der Waals surface area (Å²) >= 11 is 5.00. The van der Waals surface area contributed by atoms with Crippen LogP contribution in [-0.2, 0) is 23.9 Å². The first kappa shape index (κ1) is 14.1. The smallest absolute Gasteiger partial charge is 0.283 e. The highest BCUT2D eigenvalue weighted by atomic mass is 35.5. The standard InChI is InChI=1S/C4H11ClN2O5S2/c5-7-2-4-14(10,11)12-13(8,9)3-1-6/h7H,1-4,6H2. The molecular formula is C4H11ClN2O5S2. The summed E-state index contributed by atoms with van der Waals surface area (Å²) in [7, 11) is -8.22. The number of halogens is 1. The van der Waals surface area contributed by atoms with E-state index >= 15 is 0 Å². The first-order valence-corrected chi connectivity index (χ1v) is 7.06. The van der Waals surface area contributed by atoms with Crippen molar-refractivity contribution in [3.63, 3.8) is 0 Å². The first-order chi connectivity index (χ1) is 6.33. The molecule has 0 unspecified atom stereocenters. The van der Waals surface area contributed by atoms with Gasteiger partial charge in [-0.1, -0.05) is 0 Å². The molecule has 86 valence electrons. The summed E-state index contributed by atoms with van der Waals surface area (Å²) in [6, 6.07) is 0. The molecule has 0 aliphatic rings. The van der Waals surface area contributed by atoms with Crippen LogP contribution in [0.1, 0.15) is 0 Å². The number of rotatable bonds is 7. The van der Waals surface area contributed by atoms with Crippen LogP contribution >= 0.6 is 11.8 Å². The van der Waals surface area contributed by atoms with Crippen LogP contribution in [0.3, 0.4) is 0 Å². The van der Waals surface area contributed by atoms with E-state index in [1.165, 1.54) is 0 Å². The topological polar surface area (TPSA) is 116 Å². The monoisotopic (exact) mass is 266 g/mol. The molecule has 0 radical (unpaired) electrons. The summed E-state index contributed by atoms with van der Waals surface area (Å²) in [4.78, 5) is 2.04. The highest BCUT2D eigenvalue weighted by molar-refractivity contribution is 7.99. The van der Waals surface area contributed by atoms with Crippen LogP contribution in [0.4, 0.5) is 0 Å². The quantitative estimate of drug-likeness (QED) is 0.531. The Bertz CT molecular complexity index is 350. The molecular weight excluding hydrogens is 256 g/mol. The molecule has 0 aliphatic heterocycles. The highest BCUT2D eigenvalue weighted by Crippen LogP contribution is 2.01. The Morgan fingerprint density at radius 2 is 1.64 bits per heavy atom. The number of hydrogen-bond acceptors (Lipinski definition) is 7. The SMILES string of the molecule is NCCS(=O)(=O)OS(=O)(=O)CCNCl. The third kappa shape index (κ3) is 6.51. The molecule has 14 heavy (non-hydrogen) atoms. The second kappa shape index (κ2) is 5.83. The third-order valence-electron chi connectivity index (χ3n) is 1.02. The molecule has 10 heteroatoms. The number of nitrogens with two attached hydrogens (primary N) is 1. The summed E-state index contributed by atoms with van der Waals surface area (Å²) < 4.78 is 47.6. The zero-order chi connectivity index (χ0) is 11.2. The van der Waals surface area contributed by atoms with Gasteiger partial charge in [-0.05, 0) is 11.8 Å². The maximum atomic E-state index is 10.9. The molecule has 0 fully saturated rings. The third-order valence-corrected chi connectivity index (χ3v) is 4.31. The van der Waals surface area contributed by atoms with Crippen LogP contribution in [0.15, 0.2) is 0 Å². The normalized spacial score (nSPS) is 13.0. The Balaban J connectivity index is 4.36. The van der Waals surface area contributed by atoms with Crippen molar-refractivity contribution in [2.75, 3.05) is 24.6 Å². The summed E-state index contributed by atoms with van der Waals surface area (Å²) in [5.74, 6) is -1.07. The van der Waals surface area contributed by atoms with Gasteiger partial charge >= 0.3 is 0 Å². The van der Waals surface area contributed by atoms with Crippen LogP contribution in [-0.4, -0.2) is 41.4 Å². The van der Waals surface area contributed by atoms with E-state index < -0.39 is 31.7 Å². The van der Waals surface area contributed by atoms with Gasteiger partial charge in [-0.2, -0.15) is 16.8 Å². The van der Waals surface area contributed by atoms with Crippen molar-refractivity contribution in [3.05, 3.63) is 0 Å². The van der Waals surface area contributed by atoms with Gasteiger partial charge in [0.1, 0.15) is 0 Å². The summed E-state index contributed by atoms with van der Waals surface area (Å²) in [5.41, 5.74) is 4.95. The summed E-state index contributed by atoms with van der Waals surface area (Å²) in [5, 5.41) is 0. The molecule has 0 bridgehead atoms. The fraction of sp³-hybridized carbons (Fsp3) is 1.00. The van der Waals surface area contributed by atoms with E-state index in [1.807, 2.05) is 4.84 Å². The van der Waals surface area contributed by atoms with Crippen LogP contribution in [0.25, 0.3) is 0 Å². The van der Waals surface area contributed by atoms with E-state index in [0.29, 0.717) is 0 Å². The van der Waals surface area contributed by atoms with Gasteiger partial charge in [-0.25, -0.2) is 4.84 Å². The van der Waals surface area contributed by atoms with Gasteiger partial charge in [0.05, 0.1) is 11.5 Å². The van der Waals surface area contributed by atoms with Crippen molar-refractivity contribution in [3.8, 4) is 0 Å². The average Bonchev–Trinajstić information content (AvgIpc) is 1.98. The molecule has 0 rings (SSSR count). The first-order valence-electron chi connectivity index (χ1n) is 3.53. The molecule has 0 spiro atoms. The van der Waals surface area contributed by atoms with Crippen LogP contribution in [0.2, 0.25) is 0 Å². The van der Waals surface area contributed by atoms with Crippen molar-refractivity contribution in [2.24, 2.45) is 5.73 Å². The minimum absolute atomic E-state index is 0.109. The molecule has 7 nitrogen and oxygen atoms in total. The lowest BCUT2D eigenvalue weighted by Crippen LogP contribution is -2.25. The summed E-state index contributed by atoms with van der Waals surface area (Å²) in [6.07, 6.45) is 0.